The number of hydrogen-bond donors (Lipinski definition) is 0. The molecule has 0 fully saturated rings. The van der Waals surface area contributed by atoms with Crippen molar-refractivity contribution in [3.05, 3.63) is 52.1 Å². The number of aryl methyl sites for hydroxylation is 2. The van der Waals surface area contributed by atoms with Crippen LogP contribution in [0.5, 0.6) is 0 Å². The summed E-state index contributed by atoms with van der Waals surface area (Å²) in [5.41, 5.74) is 3.09. The minimum atomic E-state index is -0.177. The van der Waals surface area contributed by atoms with Crippen LogP contribution in [0.15, 0.2) is 34.9 Å². The summed E-state index contributed by atoms with van der Waals surface area (Å²) < 4.78 is 18.9. The predicted octanol–water partition coefficient (Wildman–Crippen LogP) is 4.37. The average molecular weight is 350 g/mol. The smallest absolute Gasteiger partial charge is 0.132 e. The van der Waals surface area contributed by atoms with Crippen LogP contribution in [-0.2, 0) is 19.5 Å². The van der Waals surface area contributed by atoms with Gasteiger partial charge in [0, 0.05) is 18.1 Å². The Kier molecular flexibility index (Phi) is 3.85. The maximum atomic E-state index is 13.8. The van der Waals surface area contributed by atoms with Crippen LogP contribution in [0, 0.1) is 5.82 Å². The molecule has 2 heterocycles. The van der Waals surface area contributed by atoms with Crippen LogP contribution in [0.3, 0.4) is 0 Å². The van der Waals surface area contributed by atoms with Crippen molar-refractivity contribution in [2.45, 2.75) is 33.4 Å². The summed E-state index contributed by atoms with van der Waals surface area (Å²) in [6.07, 6.45) is 2.82. The van der Waals surface area contributed by atoms with Crippen molar-refractivity contribution in [2.24, 2.45) is 0 Å². The van der Waals surface area contributed by atoms with E-state index in [1.807, 2.05) is 23.0 Å². The molecule has 5 heteroatoms. The summed E-state index contributed by atoms with van der Waals surface area (Å²) in [5.74, 6) is -0.177. The molecule has 110 valence electrons. The molecule has 3 aromatic rings. The lowest BCUT2D eigenvalue weighted by Crippen LogP contribution is -2.07. The van der Waals surface area contributed by atoms with E-state index in [9.17, 15) is 4.39 Å². The maximum absolute atomic E-state index is 13.8. The molecule has 0 amide bonds. The molecule has 0 saturated carbocycles. The van der Waals surface area contributed by atoms with Gasteiger partial charge in [-0.15, -0.1) is 0 Å². The molecule has 0 aliphatic rings. The fourth-order valence-corrected chi connectivity index (χ4v) is 3.34. The van der Waals surface area contributed by atoms with Crippen LogP contribution < -0.4 is 0 Å². The van der Waals surface area contributed by atoms with Gasteiger partial charge in [0.25, 0.3) is 0 Å². The second kappa shape index (κ2) is 5.64. The lowest BCUT2D eigenvalue weighted by Gasteiger charge is -2.08. The Morgan fingerprint density at radius 1 is 1.24 bits per heavy atom. The Morgan fingerprint density at radius 3 is 2.76 bits per heavy atom. The second-order valence-corrected chi connectivity index (χ2v) is 5.79. The molecule has 0 saturated heterocycles. The predicted molar refractivity (Wildman–Crippen MR) is 86.0 cm³/mol. The fraction of sp³-hybridized carbons (Fsp3) is 0.312. The zero-order valence-corrected chi connectivity index (χ0v) is 13.7. The van der Waals surface area contributed by atoms with Crippen molar-refractivity contribution in [1.29, 1.82) is 0 Å². The molecule has 0 unspecified atom stereocenters. The molecule has 0 aliphatic carbocycles. The average Bonchev–Trinajstić information content (AvgIpc) is 3.03. The molecule has 0 N–H and O–H groups in total. The van der Waals surface area contributed by atoms with E-state index < -0.39 is 0 Å². The minimum Gasteiger partial charge on any atom is -0.341 e. The van der Waals surface area contributed by atoms with Gasteiger partial charge >= 0.3 is 0 Å². The molecule has 0 radical (unpaired) electrons. The van der Waals surface area contributed by atoms with E-state index in [4.69, 9.17) is 0 Å². The summed E-state index contributed by atoms with van der Waals surface area (Å²) in [4.78, 5) is 0. The van der Waals surface area contributed by atoms with Gasteiger partial charge in [0.2, 0.25) is 0 Å². The topological polar surface area (TPSA) is 22.8 Å². The standard InChI is InChI=1S/C16H17BrFN3/c1-3-13-16(17)15(21(4-2)19-13)10-20-9-8-11-12(18)6-5-7-14(11)20/h5-9H,3-4,10H2,1-2H3. The van der Waals surface area contributed by atoms with Gasteiger partial charge in [-0.05, 0) is 47.5 Å². The third-order valence-electron chi connectivity index (χ3n) is 3.77. The third kappa shape index (κ3) is 2.39. The molecule has 0 spiro atoms. The molecular weight excluding hydrogens is 333 g/mol. The van der Waals surface area contributed by atoms with E-state index in [2.05, 4.69) is 39.4 Å². The first-order chi connectivity index (χ1) is 10.2. The third-order valence-corrected chi connectivity index (χ3v) is 4.69. The first kappa shape index (κ1) is 14.3. The van der Waals surface area contributed by atoms with E-state index in [1.165, 1.54) is 6.07 Å². The van der Waals surface area contributed by atoms with Crippen molar-refractivity contribution in [1.82, 2.24) is 14.3 Å². The molecule has 3 nitrogen and oxygen atoms in total. The summed E-state index contributed by atoms with van der Waals surface area (Å²) in [6, 6.07) is 7.01. The molecule has 2 aromatic heterocycles. The molecule has 21 heavy (non-hydrogen) atoms. The van der Waals surface area contributed by atoms with Crippen molar-refractivity contribution in [3.8, 4) is 0 Å². The second-order valence-electron chi connectivity index (χ2n) is 4.99. The molecule has 3 rings (SSSR count). The lowest BCUT2D eigenvalue weighted by molar-refractivity contribution is 0.598. The number of aromatic nitrogens is 3. The van der Waals surface area contributed by atoms with Crippen LogP contribution in [0.1, 0.15) is 25.2 Å². The highest BCUT2D eigenvalue weighted by atomic mass is 79.9. The van der Waals surface area contributed by atoms with E-state index in [0.29, 0.717) is 11.9 Å². The Bertz CT molecular complexity index is 788. The summed E-state index contributed by atoms with van der Waals surface area (Å²) in [6.45, 7) is 5.67. The largest absolute Gasteiger partial charge is 0.341 e. The van der Waals surface area contributed by atoms with Crippen LogP contribution >= 0.6 is 15.9 Å². The van der Waals surface area contributed by atoms with Gasteiger partial charge in [0.15, 0.2) is 0 Å². The number of halogens is 2. The van der Waals surface area contributed by atoms with Crippen LogP contribution in [0.4, 0.5) is 4.39 Å². The first-order valence-electron chi connectivity index (χ1n) is 7.13. The van der Waals surface area contributed by atoms with E-state index >= 15 is 0 Å². The van der Waals surface area contributed by atoms with Gasteiger partial charge in [0.05, 0.1) is 27.9 Å². The minimum absolute atomic E-state index is 0.177. The Balaban J connectivity index is 2.07. The monoisotopic (exact) mass is 349 g/mol. The molecule has 0 atom stereocenters. The SMILES string of the molecule is CCc1nn(CC)c(Cn2ccc3c(F)cccc32)c1Br. The summed E-state index contributed by atoms with van der Waals surface area (Å²) in [5, 5.41) is 5.27. The first-order valence-corrected chi connectivity index (χ1v) is 7.92. The highest BCUT2D eigenvalue weighted by molar-refractivity contribution is 9.10. The highest BCUT2D eigenvalue weighted by Crippen LogP contribution is 2.26. The van der Waals surface area contributed by atoms with Crippen molar-refractivity contribution in [3.63, 3.8) is 0 Å². The van der Waals surface area contributed by atoms with Gasteiger partial charge in [0.1, 0.15) is 5.82 Å². The molecule has 0 aliphatic heterocycles. The highest BCUT2D eigenvalue weighted by Gasteiger charge is 2.15. The van der Waals surface area contributed by atoms with Crippen molar-refractivity contribution < 1.29 is 4.39 Å². The zero-order chi connectivity index (χ0) is 15.0. The van der Waals surface area contributed by atoms with E-state index in [-0.39, 0.29) is 5.82 Å². The Labute approximate surface area is 131 Å². The van der Waals surface area contributed by atoms with Gasteiger partial charge in [-0.3, -0.25) is 4.68 Å². The Morgan fingerprint density at radius 2 is 2.05 bits per heavy atom. The summed E-state index contributed by atoms with van der Waals surface area (Å²) >= 11 is 3.66. The normalized spacial score (nSPS) is 11.4. The number of hydrogen-bond acceptors (Lipinski definition) is 1. The zero-order valence-electron chi connectivity index (χ0n) is 12.1. The van der Waals surface area contributed by atoms with Crippen LogP contribution in [0.2, 0.25) is 0 Å². The fourth-order valence-electron chi connectivity index (χ4n) is 2.65. The van der Waals surface area contributed by atoms with Gasteiger partial charge in [-0.1, -0.05) is 13.0 Å². The number of fused-ring (bicyclic) bond motifs is 1. The Hall–Kier alpha value is -1.62. The van der Waals surface area contributed by atoms with E-state index in [1.54, 1.807) is 6.07 Å². The maximum Gasteiger partial charge on any atom is 0.132 e. The van der Waals surface area contributed by atoms with Gasteiger partial charge < -0.3 is 4.57 Å². The summed E-state index contributed by atoms with van der Waals surface area (Å²) in [7, 11) is 0. The van der Waals surface area contributed by atoms with Gasteiger partial charge in [-0.2, -0.15) is 5.10 Å². The van der Waals surface area contributed by atoms with Crippen molar-refractivity contribution >= 4 is 26.8 Å². The molecule has 0 bridgehead atoms. The van der Waals surface area contributed by atoms with Crippen LogP contribution in [-0.4, -0.2) is 14.3 Å². The molecule has 1 aromatic carbocycles. The quantitative estimate of drug-likeness (QED) is 0.685. The number of nitrogens with zero attached hydrogens (tertiary/aromatic N) is 3. The van der Waals surface area contributed by atoms with Crippen molar-refractivity contribution in [2.75, 3.05) is 0 Å². The number of benzene rings is 1. The number of rotatable bonds is 4. The van der Waals surface area contributed by atoms with E-state index in [0.717, 1.165) is 34.3 Å². The molecular formula is C16H17BrFN3. The lowest BCUT2D eigenvalue weighted by atomic mass is 10.2. The van der Waals surface area contributed by atoms with Crippen LogP contribution in [0.25, 0.3) is 10.9 Å². The van der Waals surface area contributed by atoms with Gasteiger partial charge in [-0.25, -0.2) is 4.39 Å².